The minimum atomic E-state index is -0.321. The van der Waals surface area contributed by atoms with Crippen LogP contribution >= 0.6 is 0 Å². The van der Waals surface area contributed by atoms with Crippen molar-refractivity contribution in [1.29, 1.82) is 0 Å². The smallest absolute Gasteiger partial charge is 0.246 e. The van der Waals surface area contributed by atoms with Gasteiger partial charge in [-0.25, -0.2) is 0 Å². The van der Waals surface area contributed by atoms with E-state index in [9.17, 15) is 4.79 Å². The Morgan fingerprint density at radius 1 is 1.32 bits per heavy atom. The summed E-state index contributed by atoms with van der Waals surface area (Å²) in [6, 6.07) is 8.91. The van der Waals surface area contributed by atoms with E-state index in [0.717, 1.165) is 12.8 Å². The molecule has 0 radical (unpaired) electrons. The monoisotopic (exact) mass is 254 g/mol. The topological polar surface area (TPSA) is 46.3 Å². The average molecular weight is 254 g/mol. The molecular weight excluding hydrogens is 236 g/mol. The molecule has 0 spiro atoms. The number of aryl methyl sites for hydroxylation is 1. The summed E-state index contributed by atoms with van der Waals surface area (Å²) in [6.45, 7) is 0. The van der Waals surface area contributed by atoms with Gasteiger partial charge in [0.25, 0.3) is 0 Å². The SMILES string of the molecule is NC(=O)C1=CN(C2CCCc3ccccc32)C=CC1. The summed E-state index contributed by atoms with van der Waals surface area (Å²) in [5.41, 5.74) is 8.87. The Morgan fingerprint density at radius 2 is 2.16 bits per heavy atom. The van der Waals surface area contributed by atoms with E-state index in [1.54, 1.807) is 0 Å². The number of nitrogens with zero attached hydrogens (tertiary/aromatic N) is 1. The van der Waals surface area contributed by atoms with Gasteiger partial charge in [-0.05, 0) is 36.8 Å². The van der Waals surface area contributed by atoms with Gasteiger partial charge in [0, 0.05) is 18.0 Å². The summed E-state index contributed by atoms with van der Waals surface area (Å²) in [7, 11) is 0. The Balaban J connectivity index is 1.93. The van der Waals surface area contributed by atoms with Crippen molar-refractivity contribution in [3.05, 3.63) is 59.4 Å². The van der Waals surface area contributed by atoms with E-state index in [4.69, 9.17) is 5.73 Å². The molecule has 0 bridgehead atoms. The van der Waals surface area contributed by atoms with Crippen LogP contribution in [0, 0.1) is 0 Å². The molecule has 3 nitrogen and oxygen atoms in total. The molecule has 1 atom stereocenters. The number of carbonyl (C=O) groups excluding carboxylic acids is 1. The van der Waals surface area contributed by atoms with Gasteiger partial charge in [0.2, 0.25) is 5.91 Å². The summed E-state index contributed by atoms with van der Waals surface area (Å²) < 4.78 is 0. The number of amides is 1. The Bertz CT molecular complexity index is 560. The van der Waals surface area contributed by atoms with Crippen molar-refractivity contribution in [2.75, 3.05) is 0 Å². The second-order valence-electron chi connectivity index (χ2n) is 5.16. The van der Waals surface area contributed by atoms with Crippen molar-refractivity contribution in [2.45, 2.75) is 31.7 Å². The standard InChI is InChI=1S/C16H18N2O/c17-16(19)13-7-4-10-18(11-13)15-9-3-6-12-5-1-2-8-14(12)15/h1-2,4-5,8,10-11,15H,3,6-7,9H2,(H2,17,19). The fourth-order valence-electron chi connectivity index (χ4n) is 2.97. The highest BCUT2D eigenvalue weighted by molar-refractivity contribution is 5.92. The van der Waals surface area contributed by atoms with Crippen molar-refractivity contribution in [3.63, 3.8) is 0 Å². The van der Waals surface area contributed by atoms with E-state index in [-0.39, 0.29) is 5.91 Å². The fraction of sp³-hybridized carbons (Fsp3) is 0.312. The minimum absolute atomic E-state index is 0.321. The van der Waals surface area contributed by atoms with Crippen molar-refractivity contribution in [3.8, 4) is 0 Å². The van der Waals surface area contributed by atoms with Crippen LogP contribution in [0.5, 0.6) is 0 Å². The van der Waals surface area contributed by atoms with Crippen LogP contribution < -0.4 is 5.73 Å². The first-order chi connectivity index (χ1) is 9.25. The van der Waals surface area contributed by atoms with E-state index in [2.05, 4.69) is 35.4 Å². The quantitative estimate of drug-likeness (QED) is 0.882. The van der Waals surface area contributed by atoms with Crippen molar-refractivity contribution in [1.82, 2.24) is 4.90 Å². The number of primary amides is 1. The molecule has 1 aromatic carbocycles. The molecule has 0 saturated heterocycles. The molecule has 3 heteroatoms. The Morgan fingerprint density at radius 3 is 3.00 bits per heavy atom. The second kappa shape index (κ2) is 4.92. The predicted octanol–water partition coefficient (Wildman–Crippen LogP) is 2.65. The van der Waals surface area contributed by atoms with Crippen molar-refractivity contribution >= 4 is 5.91 Å². The Kier molecular flexibility index (Phi) is 3.11. The van der Waals surface area contributed by atoms with Crippen molar-refractivity contribution in [2.24, 2.45) is 5.73 Å². The van der Waals surface area contributed by atoms with E-state index in [1.165, 1.54) is 17.5 Å². The van der Waals surface area contributed by atoms with E-state index < -0.39 is 0 Å². The summed E-state index contributed by atoms with van der Waals surface area (Å²) in [5.74, 6) is -0.321. The molecule has 1 unspecified atom stereocenters. The van der Waals surface area contributed by atoms with Crippen LogP contribution in [-0.2, 0) is 11.2 Å². The van der Waals surface area contributed by atoms with Crippen LogP contribution in [0.15, 0.2) is 48.3 Å². The zero-order valence-electron chi connectivity index (χ0n) is 10.9. The van der Waals surface area contributed by atoms with Crippen molar-refractivity contribution < 1.29 is 4.79 Å². The third kappa shape index (κ3) is 2.28. The van der Waals surface area contributed by atoms with Crippen LogP contribution in [-0.4, -0.2) is 10.8 Å². The molecule has 19 heavy (non-hydrogen) atoms. The van der Waals surface area contributed by atoms with Crippen LogP contribution in [0.1, 0.15) is 36.4 Å². The first-order valence-corrected chi connectivity index (χ1v) is 6.78. The van der Waals surface area contributed by atoms with Gasteiger partial charge in [0.1, 0.15) is 0 Å². The largest absolute Gasteiger partial charge is 0.366 e. The van der Waals surface area contributed by atoms with Gasteiger partial charge < -0.3 is 10.6 Å². The molecule has 0 aromatic heterocycles. The number of benzene rings is 1. The first-order valence-electron chi connectivity index (χ1n) is 6.78. The second-order valence-corrected chi connectivity index (χ2v) is 5.16. The summed E-state index contributed by atoms with van der Waals surface area (Å²) in [5, 5.41) is 0. The predicted molar refractivity (Wildman–Crippen MR) is 75.0 cm³/mol. The molecule has 3 rings (SSSR count). The van der Waals surface area contributed by atoms with E-state index in [0.29, 0.717) is 18.0 Å². The molecule has 1 aliphatic heterocycles. The lowest BCUT2D eigenvalue weighted by atomic mass is 9.86. The molecule has 1 aromatic rings. The molecule has 2 N–H and O–H groups in total. The fourth-order valence-corrected chi connectivity index (χ4v) is 2.97. The maximum atomic E-state index is 11.3. The molecular formula is C16H18N2O. The zero-order chi connectivity index (χ0) is 13.2. The van der Waals surface area contributed by atoms with Gasteiger partial charge in [-0.3, -0.25) is 4.79 Å². The number of hydrogen-bond donors (Lipinski definition) is 1. The highest BCUT2D eigenvalue weighted by Gasteiger charge is 2.24. The Hall–Kier alpha value is -2.03. The third-order valence-electron chi connectivity index (χ3n) is 3.93. The number of nitrogens with two attached hydrogens (primary N) is 1. The number of fused-ring (bicyclic) bond motifs is 1. The molecule has 1 aliphatic carbocycles. The summed E-state index contributed by atoms with van der Waals surface area (Å²) >= 11 is 0. The van der Waals surface area contributed by atoms with Crippen LogP contribution in [0.4, 0.5) is 0 Å². The number of hydrogen-bond acceptors (Lipinski definition) is 2. The number of rotatable bonds is 2. The van der Waals surface area contributed by atoms with Gasteiger partial charge in [0.05, 0.1) is 6.04 Å². The van der Waals surface area contributed by atoms with E-state index >= 15 is 0 Å². The Labute approximate surface area is 113 Å². The third-order valence-corrected chi connectivity index (χ3v) is 3.93. The zero-order valence-corrected chi connectivity index (χ0v) is 10.9. The highest BCUT2D eigenvalue weighted by atomic mass is 16.1. The lowest BCUT2D eigenvalue weighted by Crippen LogP contribution is -2.26. The van der Waals surface area contributed by atoms with Gasteiger partial charge in [-0.15, -0.1) is 0 Å². The van der Waals surface area contributed by atoms with Crippen LogP contribution in [0.25, 0.3) is 0 Å². The highest BCUT2D eigenvalue weighted by Crippen LogP contribution is 2.35. The molecule has 1 amide bonds. The van der Waals surface area contributed by atoms with Gasteiger partial charge in [-0.1, -0.05) is 30.3 Å². The molecule has 1 heterocycles. The normalized spacial score (nSPS) is 21.8. The lowest BCUT2D eigenvalue weighted by molar-refractivity contribution is -0.114. The number of allylic oxidation sites excluding steroid dienone is 1. The molecule has 0 fully saturated rings. The molecule has 0 saturated carbocycles. The average Bonchev–Trinajstić information content (AvgIpc) is 2.47. The van der Waals surface area contributed by atoms with E-state index in [1.807, 2.05) is 12.3 Å². The van der Waals surface area contributed by atoms with Crippen LogP contribution in [0.3, 0.4) is 0 Å². The minimum Gasteiger partial charge on any atom is -0.366 e. The molecule has 2 aliphatic rings. The summed E-state index contributed by atoms with van der Waals surface area (Å²) in [4.78, 5) is 13.5. The van der Waals surface area contributed by atoms with Gasteiger partial charge in [-0.2, -0.15) is 0 Å². The lowest BCUT2D eigenvalue weighted by Gasteiger charge is -2.34. The molecule has 98 valence electrons. The van der Waals surface area contributed by atoms with Crippen LogP contribution in [0.2, 0.25) is 0 Å². The maximum Gasteiger partial charge on any atom is 0.246 e. The summed E-state index contributed by atoms with van der Waals surface area (Å²) in [6.07, 6.45) is 10.1. The van der Waals surface area contributed by atoms with Gasteiger partial charge in [0.15, 0.2) is 0 Å². The number of carbonyl (C=O) groups is 1. The maximum absolute atomic E-state index is 11.3. The van der Waals surface area contributed by atoms with Gasteiger partial charge >= 0.3 is 0 Å². The first kappa shape index (κ1) is 12.0.